The second-order valence-corrected chi connectivity index (χ2v) is 6.72. The summed E-state index contributed by atoms with van der Waals surface area (Å²) in [4.78, 5) is 42.9. The Labute approximate surface area is 178 Å². The highest BCUT2D eigenvalue weighted by atomic mass is 16.5. The van der Waals surface area contributed by atoms with Crippen LogP contribution in [-0.4, -0.2) is 41.4 Å². The molecular formula is C21H24N4O6. The van der Waals surface area contributed by atoms with E-state index in [0.717, 1.165) is 10.1 Å². The molecule has 10 heteroatoms. The fraction of sp³-hybridized carbons (Fsp3) is 0.333. The minimum Gasteiger partial charge on any atom is -0.497 e. The van der Waals surface area contributed by atoms with Gasteiger partial charge in [0.2, 0.25) is 5.91 Å². The lowest BCUT2D eigenvalue weighted by Crippen LogP contribution is -2.42. The number of amides is 1. The number of carbonyl (C=O) groups is 1. The van der Waals surface area contributed by atoms with E-state index in [2.05, 4.69) is 10.3 Å². The van der Waals surface area contributed by atoms with E-state index in [9.17, 15) is 14.4 Å². The van der Waals surface area contributed by atoms with Crippen molar-refractivity contribution in [3.63, 3.8) is 0 Å². The molecule has 1 amide bonds. The highest BCUT2D eigenvalue weighted by molar-refractivity contribution is 5.92. The third-order valence-corrected chi connectivity index (χ3v) is 4.95. The van der Waals surface area contributed by atoms with Gasteiger partial charge < -0.3 is 19.5 Å². The first-order chi connectivity index (χ1) is 14.9. The summed E-state index contributed by atoms with van der Waals surface area (Å²) in [6.45, 7) is 1.41. The Morgan fingerprint density at radius 3 is 2.48 bits per heavy atom. The summed E-state index contributed by atoms with van der Waals surface area (Å²) in [7, 11) is 5.91. The Kier molecular flexibility index (Phi) is 6.28. The van der Waals surface area contributed by atoms with Gasteiger partial charge in [-0.05, 0) is 18.6 Å². The van der Waals surface area contributed by atoms with Gasteiger partial charge in [-0.1, -0.05) is 6.92 Å². The maximum absolute atomic E-state index is 13.2. The molecule has 0 aliphatic rings. The quantitative estimate of drug-likeness (QED) is 0.604. The minimum absolute atomic E-state index is 0.152. The van der Waals surface area contributed by atoms with Gasteiger partial charge in [0.1, 0.15) is 29.2 Å². The van der Waals surface area contributed by atoms with E-state index in [1.807, 2.05) is 6.92 Å². The zero-order valence-corrected chi connectivity index (χ0v) is 18.0. The lowest BCUT2D eigenvalue weighted by molar-refractivity contribution is -0.116. The monoisotopic (exact) mass is 428 g/mol. The molecule has 0 aliphatic heterocycles. The van der Waals surface area contributed by atoms with Crippen molar-refractivity contribution in [1.82, 2.24) is 14.1 Å². The summed E-state index contributed by atoms with van der Waals surface area (Å²) < 4.78 is 17.9. The number of fused-ring (bicyclic) bond motifs is 1. The lowest BCUT2D eigenvalue weighted by atomic mass is 10.1. The summed E-state index contributed by atoms with van der Waals surface area (Å²) >= 11 is 0. The maximum atomic E-state index is 13.2. The standard InChI is InChI=1S/C21H24N4O6/c1-6-12-10-22-19-17(18(12)31-5)20(27)25(21(28)24(19)2)11-16(26)23-14-8-7-13(29-3)9-15(14)30-4/h7-10H,6,11H2,1-5H3,(H,23,26). The van der Waals surface area contributed by atoms with Gasteiger partial charge in [-0.3, -0.25) is 14.2 Å². The Balaban J connectivity index is 2.05. The van der Waals surface area contributed by atoms with Gasteiger partial charge in [0, 0.05) is 24.9 Å². The van der Waals surface area contributed by atoms with Crippen molar-refractivity contribution in [1.29, 1.82) is 0 Å². The number of benzene rings is 1. The smallest absolute Gasteiger partial charge is 0.332 e. The molecule has 0 aliphatic carbocycles. The molecule has 164 valence electrons. The molecule has 2 heterocycles. The first-order valence-corrected chi connectivity index (χ1v) is 9.53. The van der Waals surface area contributed by atoms with Gasteiger partial charge in [-0.25, -0.2) is 14.3 Å². The fourth-order valence-corrected chi connectivity index (χ4v) is 3.32. The van der Waals surface area contributed by atoms with Crippen LogP contribution in [0, 0.1) is 0 Å². The van der Waals surface area contributed by atoms with Crippen molar-refractivity contribution < 1.29 is 19.0 Å². The van der Waals surface area contributed by atoms with Crippen molar-refractivity contribution >= 4 is 22.6 Å². The van der Waals surface area contributed by atoms with Crippen LogP contribution in [-0.2, 0) is 24.8 Å². The number of nitrogens with zero attached hydrogens (tertiary/aromatic N) is 3. The number of rotatable bonds is 7. The average molecular weight is 428 g/mol. The van der Waals surface area contributed by atoms with Crippen LogP contribution in [0.25, 0.3) is 11.0 Å². The van der Waals surface area contributed by atoms with Crippen LogP contribution in [0.2, 0.25) is 0 Å². The van der Waals surface area contributed by atoms with Crippen molar-refractivity contribution in [2.75, 3.05) is 26.6 Å². The third kappa shape index (κ3) is 3.96. The average Bonchev–Trinajstić information content (AvgIpc) is 2.79. The predicted molar refractivity (Wildman–Crippen MR) is 115 cm³/mol. The van der Waals surface area contributed by atoms with Crippen molar-refractivity contribution in [2.45, 2.75) is 19.9 Å². The molecule has 0 bridgehead atoms. The van der Waals surface area contributed by atoms with E-state index in [1.165, 1.54) is 32.9 Å². The van der Waals surface area contributed by atoms with Gasteiger partial charge in [-0.2, -0.15) is 0 Å². The number of methoxy groups -OCH3 is 3. The number of nitrogens with one attached hydrogen (secondary N) is 1. The molecule has 0 fully saturated rings. The van der Waals surface area contributed by atoms with E-state index >= 15 is 0 Å². The number of hydrogen-bond acceptors (Lipinski definition) is 7. The third-order valence-electron chi connectivity index (χ3n) is 4.95. The molecule has 0 atom stereocenters. The summed E-state index contributed by atoms with van der Waals surface area (Å²) in [6.07, 6.45) is 2.17. The molecule has 31 heavy (non-hydrogen) atoms. The molecule has 3 rings (SSSR count). The van der Waals surface area contributed by atoms with E-state index in [1.54, 1.807) is 24.4 Å². The molecule has 0 spiro atoms. The zero-order valence-electron chi connectivity index (χ0n) is 18.0. The number of anilines is 1. The van der Waals surface area contributed by atoms with Crippen LogP contribution in [0.5, 0.6) is 17.2 Å². The molecule has 1 aromatic carbocycles. The molecule has 10 nitrogen and oxygen atoms in total. The van der Waals surface area contributed by atoms with E-state index in [-0.39, 0.29) is 11.0 Å². The topological polar surface area (TPSA) is 114 Å². The predicted octanol–water partition coefficient (Wildman–Crippen LogP) is 1.32. The van der Waals surface area contributed by atoms with Crippen molar-refractivity contribution in [3.8, 4) is 17.2 Å². The molecule has 2 aromatic heterocycles. The van der Waals surface area contributed by atoms with E-state index < -0.39 is 23.7 Å². The van der Waals surface area contributed by atoms with Crippen molar-refractivity contribution in [3.05, 3.63) is 50.8 Å². The van der Waals surface area contributed by atoms with Gasteiger partial charge in [0.15, 0.2) is 5.65 Å². The Morgan fingerprint density at radius 1 is 1.13 bits per heavy atom. The lowest BCUT2D eigenvalue weighted by Gasteiger charge is -2.15. The number of carbonyl (C=O) groups excluding carboxylic acids is 1. The van der Waals surface area contributed by atoms with E-state index in [0.29, 0.717) is 29.4 Å². The molecular weight excluding hydrogens is 404 g/mol. The van der Waals surface area contributed by atoms with E-state index in [4.69, 9.17) is 14.2 Å². The molecule has 0 radical (unpaired) electrons. The molecule has 0 unspecified atom stereocenters. The summed E-state index contributed by atoms with van der Waals surface area (Å²) in [5, 5.41) is 2.81. The Morgan fingerprint density at radius 2 is 1.87 bits per heavy atom. The molecule has 0 saturated carbocycles. The maximum Gasteiger partial charge on any atom is 0.332 e. The van der Waals surface area contributed by atoms with Crippen molar-refractivity contribution in [2.24, 2.45) is 7.05 Å². The van der Waals surface area contributed by atoms with Crippen LogP contribution in [0.15, 0.2) is 34.0 Å². The number of aromatic nitrogens is 3. The van der Waals surface area contributed by atoms with Crippen LogP contribution in [0.4, 0.5) is 5.69 Å². The second kappa shape index (κ2) is 8.90. The fourth-order valence-electron chi connectivity index (χ4n) is 3.32. The molecule has 0 saturated heterocycles. The van der Waals surface area contributed by atoms with Gasteiger partial charge >= 0.3 is 5.69 Å². The number of hydrogen-bond donors (Lipinski definition) is 1. The highest BCUT2D eigenvalue weighted by Crippen LogP contribution is 2.29. The zero-order chi connectivity index (χ0) is 22.7. The van der Waals surface area contributed by atoms with Gasteiger partial charge in [0.25, 0.3) is 5.56 Å². The highest BCUT2D eigenvalue weighted by Gasteiger charge is 2.20. The summed E-state index contributed by atoms with van der Waals surface area (Å²) in [5.74, 6) is 0.713. The van der Waals surface area contributed by atoms with Crippen LogP contribution >= 0.6 is 0 Å². The first kappa shape index (κ1) is 21.9. The second-order valence-electron chi connectivity index (χ2n) is 6.72. The SMILES string of the molecule is CCc1cnc2c(c1OC)c(=O)n(CC(=O)Nc1ccc(OC)cc1OC)c(=O)n2C. The number of pyridine rings is 1. The normalized spacial score (nSPS) is 10.7. The van der Waals surface area contributed by atoms with Crippen LogP contribution in [0.1, 0.15) is 12.5 Å². The minimum atomic E-state index is -0.659. The molecule has 1 N–H and O–H groups in total. The first-order valence-electron chi connectivity index (χ1n) is 9.53. The Bertz CT molecular complexity index is 1260. The van der Waals surface area contributed by atoms with Crippen LogP contribution in [0.3, 0.4) is 0 Å². The summed E-state index contributed by atoms with van der Waals surface area (Å²) in [6, 6.07) is 4.87. The largest absolute Gasteiger partial charge is 0.497 e. The number of ether oxygens (including phenoxy) is 3. The Hall–Kier alpha value is -3.82. The van der Waals surface area contributed by atoms with Crippen LogP contribution < -0.4 is 30.8 Å². The van der Waals surface area contributed by atoms with Gasteiger partial charge in [-0.15, -0.1) is 0 Å². The summed E-state index contributed by atoms with van der Waals surface area (Å²) in [5.41, 5.74) is -0.00327. The van der Waals surface area contributed by atoms with Gasteiger partial charge in [0.05, 0.1) is 27.0 Å². The number of aryl methyl sites for hydroxylation is 2. The molecule has 3 aromatic rings.